The van der Waals surface area contributed by atoms with E-state index in [0.29, 0.717) is 17.5 Å². The molecule has 1 atom stereocenters. The Bertz CT molecular complexity index is 614. The lowest BCUT2D eigenvalue weighted by Crippen LogP contribution is -2.14. The largest absolute Gasteiger partial charge is 0.478 e. The first kappa shape index (κ1) is 13.6. The summed E-state index contributed by atoms with van der Waals surface area (Å²) in [5.41, 5.74) is 1.79. The van der Waals surface area contributed by atoms with Crippen molar-refractivity contribution in [2.45, 2.75) is 40.2 Å². The number of hydrogen-bond donors (Lipinski definition) is 1. The molecule has 0 radical (unpaired) electrons. The first-order chi connectivity index (χ1) is 8.97. The molecule has 4 nitrogen and oxygen atoms in total. The number of para-hydroxylation sites is 1. The molecule has 1 aromatic heterocycles. The van der Waals surface area contributed by atoms with Gasteiger partial charge in [-0.1, -0.05) is 26.8 Å². The molecule has 0 spiro atoms. The fraction of sp³-hybridized carbons (Fsp3) is 0.467. The fourth-order valence-electron chi connectivity index (χ4n) is 2.34. The van der Waals surface area contributed by atoms with Crippen LogP contribution in [0.4, 0.5) is 0 Å². The zero-order chi connectivity index (χ0) is 14.2. The van der Waals surface area contributed by atoms with Gasteiger partial charge in [0.2, 0.25) is 0 Å². The second kappa shape index (κ2) is 5.03. The summed E-state index contributed by atoms with van der Waals surface area (Å²) in [6.45, 7) is 8.53. The number of carboxylic acid groups (broad SMARTS) is 1. The zero-order valence-electron chi connectivity index (χ0n) is 11.8. The van der Waals surface area contributed by atoms with Crippen molar-refractivity contribution in [2.24, 2.45) is 5.92 Å². The van der Waals surface area contributed by atoms with E-state index < -0.39 is 5.97 Å². The summed E-state index contributed by atoms with van der Waals surface area (Å²) >= 11 is 0. The summed E-state index contributed by atoms with van der Waals surface area (Å²) in [5.74, 6) is 0.496. The molecule has 1 N–H and O–H groups in total. The van der Waals surface area contributed by atoms with Gasteiger partial charge in [-0.05, 0) is 25.0 Å². The Morgan fingerprint density at radius 2 is 2.05 bits per heavy atom. The average Bonchev–Trinajstić information content (AvgIpc) is 2.75. The van der Waals surface area contributed by atoms with Crippen LogP contribution in [0.15, 0.2) is 18.2 Å². The Kier molecular flexibility index (Phi) is 3.60. The van der Waals surface area contributed by atoms with Crippen molar-refractivity contribution in [3.8, 4) is 0 Å². The molecule has 0 bridgehead atoms. The number of benzene rings is 1. The number of imidazole rings is 1. The van der Waals surface area contributed by atoms with Gasteiger partial charge in [0, 0.05) is 12.5 Å². The normalized spacial score (nSPS) is 13.1. The van der Waals surface area contributed by atoms with Crippen LogP contribution in [0.1, 0.15) is 49.9 Å². The average molecular weight is 260 g/mol. The second-order valence-electron chi connectivity index (χ2n) is 5.21. The van der Waals surface area contributed by atoms with Gasteiger partial charge < -0.3 is 9.67 Å². The highest BCUT2D eigenvalue weighted by Gasteiger charge is 2.20. The number of carboxylic acids is 1. The van der Waals surface area contributed by atoms with Gasteiger partial charge in [0.1, 0.15) is 11.3 Å². The molecule has 0 aliphatic carbocycles. The van der Waals surface area contributed by atoms with Gasteiger partial charge in [-0.25, -0.2) is 9.78 Å². The molecule has 19 heavy (non-hydrogen) atoms. The minimum absolute atomic E-state index is 0.280. The highest BCUT2D eigenvalue weighted by Crippen LogP contribution is 2.27. The molecule has 0 amide bonds. The summed E-state index contributed by atoms with van der Waals surface area (Å²) in [7, 11) is 0. The summed E-state index contributed by atoms with van der Waals surface area (Å²) < 4.78 is 2.17. The van der Waals surface area contributed by atoms with Crippen molar-refractivity contribution in [3.63, 3.8) is 0 Å². The molecule has 0 aliphatic heterocycles. The van der Waals surface area contributed by atoms with E-state index in [1.807, 2.05) is 13.0 Å². The Labute approximate surface area is 113 Å². The molecule has 0 saturated heterocycles. The van der Waals surface area contributed by atoms with E-state index in [1.165, 1.54) is 0 Å². The topological polar surface area (TPSA) is 55.1 Å². The molecule has 102 valence electrons. The van der Waals surface area contributed by atoms with E-state index >= 15 is 0 Å². The van der Waals surface area contributed by atoms with Crippen molar-refractivity contribution in [1.29, 1.82) is 0 Å². The minimum atomic E-state index is -0.921. The van der Waals surface area contributed by atoms with Crippen molar-refractivity contribution >= 4 is 17.0 Å². The Hall–Kier alpha value is -1.84. The molecule has 0 saturated carbocycles. The van der Waals surface area contributed by atoms with Crippen LogP contribution in [0.3, 0.4) is 0 Å². The maximum atomic E-state index is 11.3. The quantitative estimate of drug-likeness (QED) is 0.915. The molecule has 0 fully saturated rings. The second-order valence-corrected chi connectivity index (χ2v) is 5.21. The van der Waals surface area contributed by atoms with Crippen LogP contribution < -0.4 is 0 Å². The Morgan fingerprint density at radius 1 is 1.37 bits per heavy atom. The van der Waals surface area contributed by atoms with E-state index in [0.717, 1.165) is 17.8 Å². The monoisotopic (exact) mass is 260 g/mol. The number of rotatable bonds is 4. The van der Waals surface area contributed by atoms with E-state index in [1.54, 1.807) is 12.1 Å². The van der Waals surface area contributed by atoms with E-state index in [4.69, 9.17) is 0 Å². The SMILES string of the molecule is CCc1nc2c(C(=O)O)cccc2n1C(C)C(C)C. The molecule has 2 rings (SSSR count). The van der Waals surface area contributed by atoms with E-state index in [2.05, 4.69) is 30.3 Å². The number of hydrogen-bond acceptors (Lipinski definition) is 2. The van der Waals surface area contributed by atoms with Crippen LogP contribution in [0.5, 0.6) is 0 Å². The summed E-state index contributed by atoms with van der Waals surface area (Å²) in [4.78, 5) is 15.8. The highest BCUT2D eigenvalue weighted by atomic mass is 16.4. The van der Waals surface area contributed by atoms with Crippen molar-refractivity contribution in [2.75, 3.05) is 0 Å². The maximum absolute atomic E-state index is 11.3. The third-order valence-corrected chi connectivity index (χ3v) is 3.71. The predicted octanol–water partition coefficient (Wildman–Crippen LogP) is 3.51. The van der Waals surface area contributed by atoms with Gasteiger partial charge in [-0.2, -0.15) is 0 Å². The van der Waals surface area contributed by atoms with Gasteiger partial charge in [0.25, 0.3) is 0 Å². The molecule has 0 aliphatic rings. The van der Waals surface area contributed by atoms with E-state index in [9.17, 15) is 9.90 Å². The van der Waals surface area contributed by atoms with Crippen molar-refractivity contribution < 1.29 is 9.90 Å². The Balaban J connectivity index is 2.76. The molecular formula is C15H20N2O2. The number of aromatic nitrogens is 2. The molecular weight excluding hydrogens is 240 g/mol. The number of carbonyl (C=O) groups is 1. The molecule has 4 heteroatoms. The lowest BCUT2D eigenvalue weighted by Gasteiger charge is -2.20. The summed E-state index contributed by atoms with van der Waals surface area (Å²) in [6, 6.07) is 5.65. The van der Waals surface area contributed by atoms with Gasteiger partial charge in [0.05, 0.1) is 11.1 Å². The zero-order valence-corrected chi connectivity index (χ0v) is 11.8. The number of aromatic carboxylic acids is 1. The van der Waals surface area contributed by atoms with Gasteiger partial charge in [0.15, 0.2) is 0 Å². The first-order valence-corrected chi connectivity index (χ1v) is 6.70. The molecule has 1 unspecified atom stereocenters. The van der Waals surface area contributed by atoms with Crippen molar-refractivity contribution in [1.82, 2.24) is 9.55 Å². The first-order valence-electron chi connectivity index (χ1n) is 6.70. The standard InChI is InChI=1S/C15H20N2O2/c1-5-13-16-14-11(15(18)19)7-6-8-12(14)17(13)10(4)9(2)3/h6-10H,5H2,1-4H3,(H,18,19). The van der Waals surface area contributed by atoms with Crippen LogP contribution in [0.2, 0.25) is 0 Å². The molecule has 1 aromatic carbocycles. The van der Waals surface area contributed by atoms with E-state index in [-0.39, 0.29) is 5.56 Å². The number of aryl methyl sites for hydroxylation is 1. The van der Waals surface area contributed by atoms with Gasteiger partial charge >= 0.3 is 5.97 Å². The fourth-order valence-corrected chi connectivity index (χ4v) is 2.34. The van der Waals surface area contributed by atoms with Crippen LogP contribution >= 0.6 is 0 Å². The smallest absolute Gasteiger partial charge is 0.337 e. The summed E-state index contributed by atoms with van der Waals surface area (Å²) in [5, 5.41) is 9.25. The van der Waals surface area contributed by atoms with Crippen LogP contribution in [0, 0.1) is 5.92 Å². The number of nitrogens with zero attached hydrogens (tertiary/aromatic N) is 2. The number of fused-ring (bicyclic) bond motifs is 1. The van der Waals surface area contributed by atoms with Crippen LogP contribution in [-0.4, -0.2) is 20.6 Å². The van der Waals surface area contributed by atoms with Crippen molar-refractivity contribution in [3.05, 3.63) is 29.6 Å². The third-order valence-electron chi connectivity index (χ3n) is 3.71. The molecule has 2 aromatic rings. The Morgan fingerprint density at radius 3 is 2.58 bits per heavy atom. The predicted molar refractivity (Wildman–Crippen MR) is 75.6 cm³/mol. The van der Waals surface area contributed by atoms with Gasteiger partial charge in [-0.3, -0.25) is 0 Å². The van der Waals surface area contributed by atoms with Gasteiger partial charge in [-0.15, -0.1) is 0 Å². The highest BCUT2D eigenvalue weighted by molar-refractivity contribution is 6.01. The summed E-state index contributed by atoms with van der Waals surface area (Å²) in [6.07, 6.45) is 0.796. The third kappa shape index (κ3) is 2.23. The maximum Gasteiger partial charge on any atom is 0.337 e. The lowest BCUT2D eigenvalue weighted by molar-refractivity contribution is 0.0699. The minimum Gasteiger partial charge on any atom is -0.478 e. The lowest BCUT2D eigenvalue weighted by atomic mass is 10.1. The molecule has 1 heterocycles. The van der Waals surface area contributed by atoms with Crippen LogP contribution in [-0.2, 0) is 6.42 Å². The van der Waals surface area contributed by atoms with Crippen LogP contribution in [0.25, 0.3) is 11.0 Å².